The molecule has 2 aliphatic rings. The topological polar surface area (TPSA) is 84.3 Å². The normalized spacial score (nSPS) is 16.5. The van der Waals surface area contributed by atoms with E-state index >= 15 is 0 Å². The van der Waals surface area contributed by atoms with Gasteiger partial charge in [-0.2, -0.15) is 10.1 Å². The number of hydrazone groups is 1. The van der Waals surface area contributed by atoms with Crippen LogP contribution in [-0.4, -0.2) is 38.5 Å². The van der Waals surface area contributed by atoms with Gasteiger partial charge in [-0.25, -0.2) is 4.98 Å². The van der Waals surface area contributed by atoms with Crippen LogP contribution in [0.1, 0.15) is 25.6 Å². The molecule has 0 radical (unpaired) electrons. The number of rotatable bonds is 6. The van der Waals surface area contributed by atoms with Crippen molar-refractivity contribution < 1.29 is 4.74 Å². The van der Waals surface area contributed by atoms with Crippen molar-refractivity contribution in [1.82, 2.24) is 20.4 Å². The predicted molar refractivity (Wildman–Crippen MR) is 133 cm³/mol. The zero-order chi connectivity index (χ0) is 22.8. The summed E-state index contributed by atoms with van der Waals surface area (Å²) in [5.74, 6) is 2.87. The highest BCUT2D eigenvalue weighted by Crippen LogP contribution is 2.29. The average Bonchev–Trinajstić information content (AvgIpc) is 3.57. The minimum Gasteiger partial charge on any atom is -0.477 e. The first-order valence-electron chi connectivity index (χ1n) is 10.5. The van der Waals surface area contributed by atoms with Crippen molar-refractivity contribution in [1.29, 1.82) is 0 Å². The third-order valence-electron chi connectivity index (χ3n) is 4.60. The lowest BCUT2D eigenvalue weighted by Gasteiger charge is -2.09. The van der Waals surface area contributed by atoms with E-state index in [2.05, 4.69) is 62.7 Å². The van der Waals surface area contributed by atoms with Gasteiger partial charge in [0.05, 0.1) is 24.0 Å². The van der Waals surface area contributed by atoms with Crippen molar-refractivity contribution >= 4 is 33.5 Å². The maximum Gasteiger partial charge on any atom is 0.218 e. The van der Waals surface area contributed by atoms with Gasteiger partial charge in [-0.3, -0.25) is 10.4 Å². The van der Waals surface area contributed by atoms with Crippen LogP contribution < -0.4 is 15.5 Å². The second-order valence-electron chi connectivity index (χ2n) is 7.34. The Kier molecular flexibility index (Phi) is 8.70. The number of anilines is 1. The van der Waals surface area contributed by atoms with Gasteiger partial charge in [0.25, 0.3) is 0 Å². The lowest BCUT2D eigenvalue weighted by atomic mass is 10.2. The van der Waals surface area contributed by atoms with E-state index < -0.39 is 0 Å². The molecule has 1 aliphatic heterocycles. The van der Waals surface area contributed by atoms with Gasteiger partial charge in [0.15, 0.2) is 0 Å². The Hall–Kier alpha value is -3.31. The van der Waals surface area contributed by atoms with E-state index in [9.17, 15) is 0 Å². The first-order chi connectivity index (χ1) is 15.7. The fraction of sp³-hybridized carbons (Fsp3) is 0.333. The maximum absolute atomic E-state index is 5.70. The van der Waals surface area contributed by atoms with Gasteiger partial charge in [-0.05, 0) is 44.7 Å². The molecule has 5 rings (SSSR count). The molecule has 0 spiro atoms. The summed E-state index contributed by atoms with van der Waals surface area (Å²) >= 11 is 1.72. The van der Waals surface area contributed by atoms with Crippen LogP contribution in [0.25, 0.3) is 10.9 Å². The minimum absolute atomic E-state index is 0.344. The molecule has 1 saturated carbocycles. The lowest BCUT2D eigenvalue weighted by molar-refractivity contribution is 0.287. The number of pyridine rings is 1. The highest BCUT2D eigenvalue weighted by molar-refractivity contribution is 8.14. The molecule has 0 amide bonds. The highest BCUT2D eigenvalue weighted by atomic mass is 32.2. The van der Waals surface area contributed by atoms with E-state index in [-0.39, 0.29) is 0 Å². The third kappa shape index (κ3) is 7.43. The number of benzene rings is 1. The fourth-order valence-corrected chi connectivity index (χ4v) is 3.65. The number of terminal acetylenes is 1. The number of hydrogen-bond acceptors (Lipinski definition) is 8. The van der Waals surface area contributed by atoms with Gasteiger partial charge < -0.3 is 10.1 Å². The number of aromatic nitrogens is 3. The molecule has 32 heavy (non-hydrogen) atoms. The van der Waals surface area contributed by atoms with Crippen LogP contribution >= 0.6 is 11.8 Å². The Morgan fingerprint density at radius 1 is 1.16 bits per heavy atom. The summed E-state index contributed by atoms with van der Waals surface area (Å²) < 4.78 is 5.70. The zero-order valence-electron chi connectivity index (χ0n) is 18.4. The second-order valence-corrected chi connectivity index (χ2v) is 8.75. The molecule has 0 saturated heterocycles. The van der Waals surface area contributed by atoms with Crippen molar-refractivity contribution in [3.63, 3.8) is 0 Å². The molecular formula is C24H28N6OS. The summed E-state index contributed by atoms with van der Waals surface area (Å²) in [5, 5.41) is 10.1. The van der Waals surface area contributed by atoms with Crippen LogP contribution in [0.3, 0.4) is 0 Å². The van der Waals surface area contributed by atoms with E-state index in [1.54, 1.807) is 11.8 Å². The summed E-state index contributed by atoms with van der Waals surface area (Å²) in [6, 6.07) is 13.9. The summed E-state index contributed by atoms with van der Waals surface area (Å²) in [4.78, 5) is 12.9. The van der Waals surface area contributed by atoms with Gasteiger partial charge in [0.2, 0.25) is 5.88 Å². The summed E-state index contributed by atoms with van der Waals surface area (Å²) in [6.07, 6.45) is 12.4. The van der Waals surface area contributed by atoms with Gasteiger partial charge in [-0.1, -0.05) is 36.0 Å². The minimum atomic E-state index is 0.344. The third-order valence-corrected chi connectivity index (χ3v) is 5.56. The van der Waals surface area contributed by atoms with Crippen molar-refractivity contribution in [2.75, 3.05) is 18.5 Å². The van der Waals surface area contributed by atoms with Crippen molar-refractivity contribution in [2.45, 2.75) is 32.1 Å². The maximum atomic E-state index is 5.70. The molecule has 7 nitrogen and oxygen atoms in total. The molecule has 1 fully saturated rings. The smallest absolute Gasteiger partial charge is 0.218 e. The standard InChI is InChI=1S/C13H19N5OS.C9H7N.C2H2/c1-8-15-11(14-6-13-18-17-9(2)20-13)5-12(16-8)19-7-10-3-4-10;1-2-6-9-8(4-1)5-3-7-10-9;1-2/h5,9-10,17H,3-4,6-7H2,1-2H3,(H,14,15,16);1-7H;1-2H. The predicted octanol–water partition coefficient (Wildman–Crippen LogP) is 4.47. The van der Waals surface area contributed by atoms with Crippen LogP contribution in [-0.2, 0) is 0 Å². The number of fused-ring (bicyclic) bond motifs is 1. The van der Waals surface area contributed by atoms with E-state index in [4.69, 9.17) is 4.74 Å². The van der Waals surface area contributed by atoms with Gasteiger partial charge in [0, 0.05) is 17.6 Å². The fourth-order valence-electron chi connectivity index (χ4n) is 2.88. The van der Waals surface area contributed by atoms with Crippen LogP contribution in [0.5, 0.6) is 5.88 Å². The quantitative estimate of drug-likeness (QED) is 0.538. The monoisotopic (exact) mass is 448 g/mol. The summed E-state index contributed by atoms with van der Waals surface area (Å²) in [5.41, 5.74) is 4.08. The molecule has 1 aliphatic carbocycles. The number of nitrogens with zero attached hydrogens (tertiary/aromatic N) is 4. The Bertz CT molecular complexity index is 1000. The molecular weight excluding hydrogens is 420 g/mol. The number of nitrogens with one attached hydrogen (secondary N) is 2. The van der Waals surface area contributed by atoms with Crippen molar-refractivity contribution in [3.05, 3.63) is 54.5 Å². The van der Waals surface area contributed by atoms with Gasteiger partial charge >= 0.3 is 0 Å². The molecule has 1 unspecified atom stereocenters. The van der Waals surface area contributed by atoms with Crippen LogP contribution in [0.4, 0.5) is 5.82 Å². The van der Waals surface area contributed by atoms with Crippen LogP contribution in [0.2, 0.25) is 0 Å². The molecule has 0 bridgehead atoms. The Labute approximate surface area is 193 Å². The number of aryl methyl sites for hydroxylation is 1. The number of thioether (sulfide) groups is 1. The molecule has 3 aromatic rings. The summed E-state index contributed by atoms with van der Waals surface area (Å²) in [6.45, 7) is 5.39. The second kappa shape index (κ2) is 11.9. The van der Waals surface area contributed by atoms with E-state index in [1.165, 1.54) is 18.2 Å². The molecule has 2 aromatic heterocycles. The molecule has 2 N–H and O–H groups in total. The van der Waals surface area contributed by atoms with Gasteiger partial charge in [0.1, 0.15) is 16.7 Å². The number of hydrogen-bond donors (Lipinski definition) is 2. The summed E-state index contributed by atoms with van der Waals surface area (Å²) in [7, 11) is 0. The molecule has 1 atom stereocenters. The Balaban J connectivity index is 0.000000201. The van der Waals surface area contributed by atoms with Crippen LogP contribution in [0, 0.1) is 25.7 Å². The first kappa shape index (κ1) is 23.4. The van der Waals surface area contributed by atoms with E-state index in [0.717, 1.165) is 28.9 Å². The Morgan fingerprint density at radius 3 is 2.66 bits per heavy atom. The number of para-hydroxylation sites is 1. The van der Waals surface area contributed by atoms with Gasteiger partial charge in [-0.15, -0.1) is 12.8 Å². The number of ether oxygens (including phenoxy) is 1. The van der Waals surface area contributed by atoms with Crippen molar-refractivity contribution in [2.24, 2.45) is 11.0 Å². The van der Waals surface area contributed by atoms with E-state index in [0.29, 0.717) is 23.6 Å². The molecule has 1 aromatic carbocycles. The highest BCUT2D eigenvalue weighted by Gasteiger charge is 2.22. The molecule has 166 valence electrons. The average molecular weight is 449 g/mol. The van der Waals surface area contributed by atoms with Crippen LogP contribution in [0.15, 0.2) is 53.8 Å². The SMILES string of the molecule is C#C.Cc1nc(NCC2=NNC(C)S2)cc(OCC2CC2)n1.c1ccc2ncccc2c1. The Morgan fingerprint density at radius 2 is 1.94 bits per heavy atom. The molecule has 8 heteroatoms. The lowest BCUT2D eigenvalue weighted by Crippen LogP contribution is -2.12. The molecule has 3 heterocycles. The van der Waals surface area contributed by atoms with Crippen molar-refractivity contribution in [3.8, 4) is 18.7 Å². The largest absolute Gasteiger partial charge is 0.477 e. The van der Waals surface area contributed by atoms with E-state index in [1.807, 2.05) is 43.5 Å². The first-order valence-corrected chi connectivity index (χ1v) is 11.4. The zero-order valence-corrected chi connectivity index (χ0v) is 19.2.